The van der Waals surface area contributed by atoms with Gasteiger partial charge in [0.2, 0.25) is 8.92 Å². The Kier molecular flexibility index (Phi) is 4.86. The van der Waals surface area contributed by atoms with Gasteiger partial charge in [0.1, 0.15) is 5.01 Å². The van der Waals surface area contributed by atoms with Crippen LogP contribution in [0.4, 0.5) is 5.13 Å². The molecule has 0 spiro atoms. The second-order valence-electron chi connectivity index (χ2n) is 2.90. The standard InChI is InChI=1S/C7H10Cl3N3OS/c1-2-3-5-11-12-6(15-5)13(14)4-7(8,9)10/h14H,2-4H2,1H3. The summed E-state index contributed by atoms with van der Waals surface area (Å²) in [4.78, 5) is 0. The first-order chi connectivity index (χ1) is 6.92. The van der Waals surface area contributed by atoms with E-state index in [0.717, 1.165) is 22.9 Å². The third kappa shape index (κ3) is 4.70. The van der Waals surface area contributed by atoms with Gasteiger partial charge in [0.25, 0.3) is 0 Å². The molecule has 0 amide bonds. The van der Waals surface area contributed by atoms with Gasteiger partial charge in [0.05, 0.1) is 6.54 Å². The third-order valence-electron chi connectivity index (χ3n) is 1.47. The number of halogens is 3. The molecule has 4 nitrogen and oxygen atoms in total. The summed E-state index contributed by atoms with van der Waals surface area (Å²) in [6, 6.07) is 0. The molecule has 1 aromatic rings. The van der Waals surface area contributed by atoms with Crippen LogP contribution in [0.2, 0.25) is 0 Å². The molecule has 1 heterocycles. The molecule has 1 N–H and O–H groups in total. The fourth-order valence-electron chi connectivity index (χ4n) is 0.901. The lowest BCUT2D eigenvalue weighted by Gasteiger charge is -2.17. The molecular formula is C7H10Cl3N3OS. The van der Waals surface area contributed by atoms with Crippen molar-refractivity contribution in [2.24, 2.45) is 0 Å². The van der Waals surface area contributed by atoms with E-state index in [1.54, 1.807) is 0 Å². The van der Waals surface area contributed by atoms with Gasteiger partial charge in [0, 0.05) is 6.42 Å². The van der Waals surface area contributed by atoms with Crippen LogP contribution in [0.5, 0.6) is 0 Å². The number of anilines is 1. The maximum atomic E-state index is 9.53. The molecule has 1 aromatic heterocycles. The van der Waals surface area contributed by atoms with Crippen LogP contribution < -0.4 is 5.06 Å². The van der Waals surface area contributed by atoms with Crippen molar-refractivity contribution in [3.8, 4) is 0 Å². The van der Waals surface area contributed by atoms with E-state index in [-0.39, 0.29) is 6.54 Å². The quantitative estimate of drug-likeness (QED) is 0.684. The zero-order chi connectivity index (χ0) is 11.5. The minimum atomic E-state index is -1.54. The van der Waals surface area contributed by atoms with E-state index in [2.05, 4.69) is 10.2 Å². The van der Waals surface area contributed by atoms with Crippen molar-refractivity contribution in [2.45, 2.75) is 23.6 Å². The van der Waals surface area contributed by atoms with E-state index in [1.165, 1.54) is 11.3 Å². The minimum Gasteiger partial charge on any atom is -0.286 e. The normalized spacial score (nSPS) is 11.8. The van der Waals surface area contributed by atoms with Gasteiger partial charge >= 0.3 is 0 Å². The zero-order valence-corrected chi connectivity index (χ0v) is 11.0. The highest BCUT2D eigenvalue weighted by Gasteiger charge is 2.25. The number of aryl methyl sites for hydroxylation is 1. The number of aromatic nitrogens is 2. The van der Waals surface area contributed by atoms with Crippen molar-refractivity contribution in [1.29, 1.82) is 0 Å². The molecule has 0 radical (unpaired) electrons. The van der Waals surface area contributed by atoms with Gasteiger partial charge in [-0.05, 0) is 6.42 Å². The monoisotopic (exact) mass is 289 g/mol. The van der Waals surface area contributed by atoms with Gasteiger partial charge in [0.15, 0.2) is 0 Å². The van der Waals surface area contributed by atoms with Gasteiger partial charge < -0.3 is 0 Å². The maximum absolute atomic E-state index is 9.53. The molecule has 0 atom stereocenters. The summed E-state index contributed by atoms with van der Waals surface area (Å²) < 4.78 is -1.54. The number of alkyl halides is 3. The van der Waals surface area contributed by atoms with E-state index in [9.17, 15) is 5.21 Å². The molecule has 1 rings (SSSR count). The van der Waals surface area contributed by atoms with Gasteiger partial charge in [-0.3, -0.25) is 5.21 Å². The van der Waals surface area contributed by atoms with Gasteiger partial charge in [-0.15, -0.1) is 10.2 Å². The highest BCUT2D eigenvalue weighted by atomic mass is 35.6. The predicted octanol–water partition coefficient (Wildman–Crippen LogP) is 3.06. The minimum absolute atomic E-state index is 0.140. The first kappa shape index (κ1) is 13.3. The number of hydrogen-bond donors (Lipinski definition) is 1. The van der Waals surface area contributed by atoms with Crippen molar-refractivity contribution in [3.05, 3.63) is 5.01 Å². The van der Waals surface area contributed by atoms with Crippen LogP contribution in [-0.2, 0) is 6.42 Å². The van der Waals surface area contributed by atoms with Crippen LogP contribution in [0, 0.1) is 0 Å². The fraction of sp³-hybridized carbons (Fsp3) is 0.714. The number of hydrogen-bond acceptors (Lipinski definition) is 5. The SMILES string of the molecule is CCCc1nnc(N(O)CC(Cl)(Cl)Cl)s1. The lowest BCUT2D eigenvalue weighted by Crippen LogP contribution is -2.29. The molecule has 0 saturated carbocycles. The Labute approximate surface area is 107 Å². The molecule has 0 bridgehead atoms. The van der Waals surface area contributed by atoms with E-state index >= 15 is 0 Å². The van der Waals surface area contributed by atoms with Crippen LogP contribution in [0.1, 0.15) is 18.4 Å². The van der Waals surface area contributed by atoms with Crippen molar-refractivity contribution < 1.29 is 5.21 Å². The van der Waals surface area contributed by atoms with Crippen molar-refractivity contribution in [1.82, 2.24) is 10.2 Å². The maximum Gasteiger partial charge on any atom is 0.232 e. The van der Waals surface area contributed by atoms with Crippen molar-refractivity contribution in [3.63, 3.8) is 0 Å². The first-order valence-corrected chi connectivity index (χ1v) is 6.23. The zero-order valence-electron chi connectivity index (χ0n) is 7.95. The van der Waals surface area contributed by atoms with Gasteiger partial charge in [-0.2, -0.15) is 0 Å². The molecule has 0 fully saturated rings. The Balaban J connectivity index is 2.61. The molecular weight excluding hydrogens is 281 g/mol. The smallest absolute Gasteiger partial charge is 0.232 e. The average Bonchev–Trinajstić information content (AvgIpc) is 2.50. The van der Waals surface area contributed by atoms with E-state index in [0.29, 0.717) is 5.13 Å². The van der Waals surface area contributed by atoms with E-state index < -0.39 is 3.79 Å². The van der Waals surface area contributed by atoms with Crippen molar-refractivity contribution in [2.75, 3.05) is 11.6 Å². The number of hydroxylamine groups is 1. The van der Waals surface area contributed by atoms with Crippen LogP contribution in [0.3, 0.4) is 0 Å². The Hall–Kier alpha value is 0.190. The molecule has 0 aliphatic rings. The third-order valence-corrected chi connectivity index (χ3v) is 2.82. The molecule has 0 saturated heterocycles. The number of nitrogens with zero attached hydrogens (tertiary/aromatic N) is 3. The van der Waals surface area contributed by atoms with Crippen LogP contribution in [0.25, 0.3) is 0 Å². The lowest BCUT2D eigenvalue weighted by atomic mass is 10.4. The second-order valence-corrected chi connectivity index (χ2v) is 6.46. The molecule has 0 aromatic carbocycles. The average molecular weight is 291 g/mol. The Bertz CT molecular complexity index is 315. The van der Waals surface area contributed by atoms with Gasteiger partial charge in [-0.1, -0.05) is 53.1 Å². The lowest BCUT2D eigenvalue weighted by molar-refractivity contribution is 0.255. The molecule has 0 aliphatic carbocycles. The van der Waals surface area contributed by atoms with Gasteiger partial charge in [-0.25, -0.2) is 5.06 Å². The molecule has 8 heteroatoms. The highest BCUT2D eigenvalue weighted by molar-refractivity contribution is 7.15. The summed E-state index contributed by atoms with van der Waals surface area (Å²) in [6.07, 6.45) is 1.81. The number of rotatable bonds is 4. The van der Waals surface area contributed by atoms with E-state index in [4.69, 9.17) is 34.8 Å². The molecule has 86 valence electrons. The van der Waals surface area contributed by atoms with Crippen LogP contribution in [-0.4, -0.2) is 25.7 Å². The predicted molar refractivity (Wildman–Crippen MR) is 63.3 cm³/mol. The fourth-order valence-corrected chi connectivity index (χ4v) is 2.09. The topological polar surface area (TPSA) is 49.2 Å². The van der Waals surface area contributed by atoms with Crippen LogP contribution >= 0.6 is 46.1 Å². The summed E-state index contributed by atoms with van der Waals surface area (Å²) in [5.74, 6) is 0. The largest absolute Gasteiger partial charge is 0.286 e. The summed E-state index contributed by atoms with van der Waals surface area (Å²) in [5.41, 5.74) is 0. The summed E-state index contributed by atoms with van der Waals surface area (Å²) in [6.45, 7) is 1.90. The highest BCUT2D eigenvalue weighted by Crippen LogP contribution is 2.29. The summed E-state index contributed by atoms with van der Waals surface area (Å²) >= 11 is 17.9. The van der Waals surface area contributed by atoms with E-state index in [1.807, 2.05) is 6.92 Å². The second kappa shape index (κ2) is 5.50. The Morgan fingerprint density at radius 1 is 1.40 bits per heavy atom. The molecule has 0 aliphatic heterocycles. The molecule has 15 heavy (non-hydrogen) atoms. The van der Waals surface area contributed by atoms with Crippen LogP contribution in [0.15, 0.2) is 0 Å². The summed E-state index contributed by atoms with van der Waals surface area (Å²) in [5, 5.41) is 19.2. The Morgan fingerprint density at radius 2 is 2.07 bits per heavy atom. The molecule has 0 unspecified atom stereocenters. The first-order valence-electron chi connectivity index (χ1n) is 4.28. The van der Waals surface area contributed by atoms with Crippen molar-refractivity contribution >= 4 is 51.3 Å². The Morgan fingerprint density at radius 3 is 2.60 bits per heavy atom. The summed E-state index contributed by atoms with van der Waals surface area (Å²) in [7, 11) is 0.